The van der Waals surface area contributed by atoms with E-state index in [-0.39, 0.29) is 5.38 Å². The fourth-order valence-electron chi connectivity index (χ4n) is 1.31. The number of aromatic nitrogens is 2. The largest absolute Gasteiger partial charge is 0.469 e. The smallest absolute Gasteiger partial charge is 0.151 e. The summed E-state index contributed by atoms with van der Waals surface area (Å²) < 4.78 is 5.34. The van der Waals surface area contributed by atoms with E-state index in [0.717, 1.165) is 27.8 Å². The Bertz CT molecular complexity index is 450. The zero-order valence-corrected chi connectivity index (χ0v) is 10.1. The van der Waals surface area contributed by atoms with Gasteiger partial charge >= 0.3 is 0 Å². The van der Waals surface area contributed by atoms with Gasteiger partial charge in [0.1, 0.15) is 10.8 Å². The standard InChI is InChI=1S/C10H11ClN2OS/c1-3-8-7(4-5-14-8)10-13-12-9(15-10)6(2)11/h4-6H,3H2,1-2H3. The van der Waals surface area contributed by atoms with Crippen molar-refractivity contribution in [2.75, 3.05) is 0 Å². The highest BCUT2D eigenvalue weighted by Crippen LogP contribution is 2.31. The van der Waals surface area contributed by atoms with Crippen LogP contribution < -0.4 is 0 Å². The van der Waals surface area contributed by atoms with Crippen LogP contribution in [-0.4, -0.2) is 10.2 Å². The zero-order chi connectivity index (χ0) is 10.8. The summed E-state index contributed by atoms with van der Waals surface area (Å²) >= 11 is 7.45. The number of hydrogen-bond acceptors (Lipinski definition) is 4. The normalized spacial score (nSPS) is 13.0. The van der Waals surface area contributed by atoms with E-state index in [4.69, 9.17) is 16.0 Å². The van der Waals surface area contributed by atoms with E-state index < -0.39 is 0 Å². The average molecular weight is 243 g/mol. The van der Waals surface area contributed by atoms with Gasteiger partial charge in [0.05, 0.1) is 17.2 Å². The number of rotatable bonds is 3. The minimum atomic E-state index is -0.0896. The second-order valence-corrected chi connectivity index (χ2v) is 4.84. The van der Waals surface area contributed by atoms with Gasteiger partial charge in [0.2, 0.25) is 0 Å². The maximum Gasteiger partial charge on any atom is 0.151 e. The van der Waals surface area contributed by atoms with Gasteiger partial charge in [0.25, 0.3) is 0 Å². The van der Waals surface area contributed by atoms with Gasteiger partial charge in [-0.3, -0.25) is 0 Å². The fourth-order valence-corrected chi connectivity index (χ4v) is 2.30. The van der Waals surface area contributed by atoms with Gasteiger partial charge in [-0.25, -0.2) is 0 Å². The minimum Gasteiger partial charge on any atom is -0.469 e. The number of nitrogens with zero attached hydrogens (tertiary/aromatic N) is 2. The topological polar surface area (TPSA) is 38.9 Å². The lowest BCUT2D eigenvalue weighted by molar-refractivity contribution is 0.517. The fraction of sp³-hybridized carbons (Fsp3) is 0.400. The molecule has 2 rings (SSSR count). The summed E-state index contributed by atoms with van der Waals surface area (Å²) in [5.74, 6) is 0.944. The van der Waals surface area contributed by atoms with Gasteiger partial charge in [0, 0.05) is 6.42 Å². The first-order valence-electron chi connectivity index (χ1n) is 4.76. The molecule has 2 aromatic rings. The molecule has 0 aliphatic heterocycles. The molecule has 0 radical (unpaired) electrons. The molecule has 0 amide bonds. The molecule has 1 atom stereocenters. The Morgan fingerprint density at radius 1 is 1.53 bits per heavy atom. The molecule has 0 fully saturated rings. The second kappa shape index (κ2) is 4.33. The third-order valence-corrected chi connectivity index (χ3v) is 3.55. The maximum absolute atomic E-state index is 5.94. The Labute approximate surface area is 97.1 Å². The van der Waals surface area contributed by atoms with Crippen molar-refractivity contribution in [3.8, 4) is 10.6 Å². The van der Waals surface area contributed by atoms with E-state index in [1.165, 1.54) is 11.3 Å². The van der Waals surface area contributed by atoms with Gasteiger partial charge in [-0.15, -0.1) is 21.8 Å². The highest BCUT2D eigenvalue weighted by molar-refractivity contribution is 7.15. The maximum atomic E-state index is 5.94. The predicted octanol–water partition coefficient (Wildman–Crippen LogP) is 3.66. The molecule has 1 unspecified atom stereocenters. The minimum absolute atomic E-state index is 0.0896. The highest BCUT2D eigenvalue weighted by atomic mass is 35.5. The van der Waals surface area contributed by atoms with Crippen molar-refractivity contribution in [2.24, 2.45) is 0 Å². The number of hydrogen-bond donors (Lipinski definition) is 0. The molecular formula is C10H11ClN2OS. The summed E-state index contributed by atoms with van der Waals surface area (Å²) in [6, 6.07) is 1.92. The van der Waals surface area contributed by atoms with Gasteiger partial charge in [-0.1, -0.05) is 18.3 Å². The molecule has 0 saturated heterocycles. The molecule has 5 heteroatoms. The van der Waals surface area contributed by atoms with E-state index in [1.54, 1.807) is 6.26 Å². The van der Waals surface area contributed by atoms with E-state index in [9.17, 15) is 0 Å². The van der Waals surface area contributed by atoms with Crippen LogP contribution in [-0.2, 0) is 6.42 Å². The van der Waals surface area contributed by atoms with E-state index >= 15 is 0 Å². The van der Waals surface area contributed by atoms with Gasteiger partial charge in [-0.05, 0) is 13.0 Å². The number of alkyl halides is 1. The van der Waals surface area contributed by atoms with Crippen molar-refractivity contribution in [2.45, 2.75) is 25.6 Å². The zero-order valence-electron chi connectivity index (χ0n) is 8.53. The van der Waals surface area contributed by atoms with Crippen molar-refractivity contribution in [1.29, 1.82) is 0 Å². The third kappa shape index (κ3) is 2.06. The molecule has 0 aliphatic carbocycles. The molecule has 15 heavy (non-hydrogen) atoms. The SMILES string of the molecule is CCc1occc1-c1nnc(C(C)Cl)s1. The molecule has 80 valence electrons. The van der Waals surface area contributed by atoms with Gasteiger partial charge in [0.15, 0.2) is 5.01 Å². The van der Waals surface area contributed by atoms with Crippen LogP contribution in [0.4, 0.5) is 0 Å². The molecular weight excluding hydrogens is 232 g/mol. The molecule has 0 aromatic carbocycles. The Hall–Kier alpha value is -0.870. The number of aryl methyl sites for hydroxylation is 1. The number of furan rings is 1. The van der Waals surface area contributed by atoms with Crippen LogP contribution in [0.3, 0.4) is 0 Å². The highest BCUT2D eigenvalue weighted by Gasteiger charge is 2.14. The first-order valence-corrected chi connectivity index (χ1v) is 6.02. The van der Waals surface area contributed by atoms with Crippen LogP contribution in [0.25, 0.3) is 10.6 Å². The number of halogens is 1. The Morgan fingerprint density at radius 3 is 2.93 bits per heavy atom. The van der Waals surface area contributed by atoms with Crippen molar-refractivity contribution in [3.05, 3.63) is 23.1 Å². The molecule has 0 aliphatic rings. The lowest BCUT2D eigenvalue weighted by atomic mass is 10.2. The van der Waals surface area contributed by atoms with Crippen molar-refractivity contribution < 1.29 is 4.42 Å². The lowest BCUT2D eigenvalue weighted by Crippen LogP contribution is -1.81. The van der Waals surface area contributed by atoms with Gasteiger partial charge < -0.3 is 4.42 Å². The van der Waals surface area contributed by atoms with Crippen LogP contribution in [0.5, 0.6) is 0 Å². The molecule has 0 saturated carbocycles. The second-order valence-electron chi connectivity index (χ2n) is 3.17. The monoisotopic (exact) mass is 242 g/mol. The summed E-state index contributed by atoms with van der Waals surface area (Å²) in [6.07, 6.45) is 2.53. The first kappa shape index (κ1) is 10.6. The van der Waals surface area contributed by atoms with Gasteiger partial charge in [-0.2, -0.15) is 0 Å². The Balaban J connectivity index is 2.37. The van der Waals surface area contributed by atoms with Crippen LogP contribution in [0, 0.1) is 0 Å². The van der Waals surface area contributed by atoms with Crippen molar-refractivity contribution in [3.63, 3.8) is 0 Å². The van der Waals surface area contributed by atoms with E-state index in [2.05, 4.69) is 17.1 Å². The van der Waals surface area contributed by atoms with E-state index in [1.807, 2.05) is 13.0 Å². The lowest BCUT2D eigenvalue weighted by Gasteiger charge is -1.93. The first-order chi connectivity index (χ1) is 7.22. The third-order valence-electron chi connectivity index (χ3n) is 2.08. The molecule has 3 nitrogen and oxygen atoms in total. The predicted molar refractivity (Wildman–Crippen MR) is 61.3 cm³/mol. The van der Waals surface area contributed by atoms with Crippen LogP contribution in [0.15, 0.2) is 16.7 Å². The van der Waals surface area contributed by atoms with Crippen LogP contribution >= 0.6 is 22.9 Å². The summed E-state index contributed by atoms with van der Waals surface area (Å²) in [6.45, 7) is 3.94. The quantitative estimate of drug-likeness (QED) is 0.771. The molecule has 2 heterocycles. The van der Waals surface area contributed by atoms with Crippen molar-refractivity contribution >= 4 is 22.9 Å². The summed E-state index contributed by atoms with van der Waals surface area (Å²) in [5.41, 5.74) is 1.03. The Morgan fingerprint density at radius 2 is 2.33 bits per heavy atom. The summed E-state index contributed by atoms with van der Waals surface area (Å²) in [5, 5.41) is 9.79. The molecule has 0 bridgehead atoms. The van der Waals surface area contributed by atoms with Crippen LogP contribution in [0.2, 0.25) is 0 Å². The van der Waals surface area contributed by atoms with E-state index in [0.29, 0.717) is 0 Å². The van der Waals surface area contributed by atoms with Crippen LogP contribution in [0.1, 0.15) is 30.0 Å². The molecule has 0 N–H and O–H groups in total. The summed E-state index contributed by atoms with van der Waals surface area (Å²) in [4.78, 5) is 0. The molecule has 2 aromatic heterocycles. The van der Waals surface area contributed by atoms with Crippen molar-refractivity contribution in [1.82, 2.24) is 10.2 Å². The summed E-state index contributed by atoms with van der Waals surface area (Å²) in [7, 11) is 0. The Kier molecular flexibility index (Phi) is 3.07. The average Bonchev–Trinajstić information content (AvgIpc) is 2.85. The molecule has 0 spiro atoms.